The molecule has 1 aromatic rings. The molecule has 0 radical (unpaired) electrons. The fourth-order valence-corrected chi connectivity index (χ4v) is 2.77. The number of guanidine groups is 1. The molecule has 0 saturated heterocycles. The van der Waals surface area contributed by atoms with Crippen molar-refractivity contribution in [1.82, 2.24) is 15.6 Å². The molecule has 6 heteroatoms. The standard InChI is InChI=1S/C16H25ClN4O/c1-2-18-16(21-11-13-4-3-5-14(13)22)19-9-8-12-6-7-15(17)20-10-12/h6-7,10,13-14,22H,2-5,8-9,11H2,1H3,(H2,18,19,21). The lowest BCUT2D eigenvalue weighted by molar-refractivity contribution is 0.136. The van der Waals surface area contributed by atoms with Crippen molar-refractivity contribution < 1.29 is 5.11 Å². The van der Waals surface area contributed by atoms with Gasteiger partial charge < -0.3 is 15.7 Å². The van der Waals surface area contributed by atoms with Crippen molar-refractivity contribution in [3.63, 3.8) is 0 Å². The minimum absolute atomic E-state index is 0.188. The maximum absolute atomic E-state index is 9.85. The average molecular weight is 325 g/mol. The van der Waals surface area contributed by atoms with Crippen LogP contribution in [0.25, 0.3) is 0 Å². The van der Waals surface area contributed by atoms with Crippen LogP contribution < -0.4 is 10.6 Å². The van der Waals surface area contributed by atoms with Crippen LogP contribution in [0.2, 0.25) is 5.15 Å². The number of hydrogen-bond acceptors (Lipinski definition) is 3. The summed E-state index contributed by atoms with van der Waals surface area (Å²) < 4.78 is 0. The van der Waals surface area contributed by atoms with Crippen molar-refractivity contribution in [3.8, 4) is 0 Å². The highest BCUT2D eigenvalue weighted by Crippen LogP contribution is 2.25. The van der Waals surface area contributed by atoms with Gasteiger partial charge in [0.1, 0.15) is 5.15 Å². The quantitative estimate of drug-likeness (QED) is 0.425. The summed E-state index contributed by atoms with van der Waals surface area (Å²) in [6, 6.07) is 3.79. The van der Waals surface area contributed by atoms with Gasteiger partial charge in [-0.2, -0.15) is 0 Å². The van der Waals surface area contributed by atoms with E-state index in [0.29, 0.717) is 17.6 Å². The van der Waals surface area contributed by atoms with Crippen LogP contribution in [0.15, 0.2) is 23.3 Å². The van der Waals surface area contributed by atoms with Crippen LogP contribution in [-0.2, 0) is 6.42 Å². The molecule has 22 heavy (non-hydrogen) atoms. The van der Waals surface area contributed by atoms with Gasteiger partial charge in [0.05, 0.1) is 6.10 Å². The Balaban J connectivity index is 1.79. The number of rotatable bonds is 6. The van der Waals surface area contributed by atoms with E-state index in [2.05, 4.69) is 20.6 Å². The molecular weight excluding hydrogens is 300 g/mol. The molecule has 2 atom stereocenters. The van der Waals surface area contributed by atoms with Crippen molar-refractivity contribution >= 4 is 17.6 Å². The first kappa shape index (κ1) is 17.0. The fraction of sp³-hybridized carbons (Fsp3) is 0.625. The predicted molar refractivity (Wildman–Crippen MR) is 90.3 cm³/mol. The van der Waals surface area contributed by atoms with Gasteiger partial charge in [-0.05, 0) is 37.8 Å². The Morgan fingerprint density at radius 1 is 1.41 bits per heavy atom. The van der Waals surface area contributed by atoms with Crippen LogP contribution in [0.1, 0.15) is 31.7 Å². The third-order valence-corrected chi connectivity index (χ3v) is 4.17. The summed E-state index contributed by atoms with van der Waals surface area (Å²) in [5, 5.41) is 16.9. The largest absolute Gasteiger partial charge is 0.393 e. The van der Waals surface area contributed by atoms with Gasteiger partial charge in [-0.1, -0.05) is 24.1 Å². The number of aromatic nitrogens is 1. The van der Waals surface area contributed by atoms with Gasteiger partial charge in [0, 0.05) is 31.7 Å². The zero-order valence-electron chi connectivity index (χ0n) is 13.1. The normalized spacial score (nSPS) is 21.9. The van der Waals surface area contributed by atoms with Crippen LogP contribution in [0.5, 0.6) is 0 Å². The Morgan fingerprint density at radius 3 is 2.91 bits per heavy atom. The zero-order valence-corrected chi connectivity index (χ0v) is 13.8. The smallest absolute Gasteiger partial charge is 0.191 e. The van der Waals surface area contributed by atoms with Crippen molar-refractivity contribution in [2.75, 3.05) is 19.6 Å². The summed E-state index contributed by atoms with van der Waals surface area (Å²) in [6.07, 6.45) is 5.55. The molecule has 1 aliphatic rings. The molecule has 1 saturated carbocycles. The van der Waals surface area contributed by atoms with Crippen LogP contribution in [0, 0.1) is 5.92 Å². The molecule has 122 valence electrons. The Kier molecular flexibility index (Phi) is 6.93. The summed E-state index contributed by atoms with van der Waals surface area (Å²) >= 11 is 5.78. The number of halogens is 1. The number of nitrogens with zero attached hydrogens (tertiary/aromatic N) is 2. The number of aliphatic imine (C=N–C) groups is 1. The Labute approximate surface area is 137 Å². The van der Waals surface area contributed by atoms with Gasteiger partial charge in [0.25, 0.3) is 0 Å². The molecule has 3 N–H and O–H groups in total. The van der Waals surface area contributed by atoms with Crippen LogP contribution in [0.3, 0.4) is 0 Å². The molecule has 0 aliphatic heterocycles. The van der Waals surface area contributed by atoms with E-state index in [1.54, 1.807) is 12.3 Å². The first-order chi connectivity index (χ1) is 10.7. The SMILES string of the molecule is CCNC(=NCC1CCCC1O)NCCc1ccc(Cl)nc1. The molecular formula is C16H25ClN4O. The van der Waals surface area contributed by atoms with E-state index in [9.17, 15) is 5.11 Å². The molecule has 0 aromatic carbocycles. The summed E-state index contributed by atoms with van der Waals surface area (Å²) in [6.45, 7) is 4.33. The highest BCUT2D eigenvalue weighted by atomic mass is 35.5. The van der Waals surface area contributed by atoms with E-state index in [1.807, 2.05) is 13.0 Å². The van der Waals surface area contributed by atoms with Crippen molar-refractivity contribution in [2.24, 2.45) is 10.9 Å². The second-order valence-corrected chi connectivity index (χ2v) is 6.03. The second kappa shape index (κ2) is 8.96. The van der Waals surface area contributed by atoms with Gasteiger partial charge in [-0.3, -0.25) is 4.99 Å². The number of aliphatic hydroxyl groups excluding tert-OH is 1. The van der Waals surface area contributed by atoms with Crippen LogP contribution in [0.4, 0.5) is 0 Å². The molecule has 2 rings (SSSR count). The van der Waals surface area contributed by atoms with E-state index in [4.69, 9.17) is 11.6 Å². The van der Waals surface area contributed by atoms with E-state index in [1.165, 1.54) is 0 Å². The number of aliphatic hydroxyl groups is 1. The zero-order chi connectivity index (χ0) is 15.8. The van der Waals surface area contributed by atoms with E-state index < -0.39 is 0 Å². The molecule has 1 heterocycles. The molecule has 2 unspecified atom stereocenters. The average Bonchev–Trinajstić information content (AvgIpc) is 2.92. The molecule has 1 fully saturated rings. The lowest BCUT2D eigenvalue weighted by Gasteiger charge is -2.15. The Hall–Kier alpha value is -1.33. The minimum Gasteiger partial charge on any atom is -0.393 e. The molecule has 1 aromatic heterocycles. The minimum atomic E-state index is -0.188. The van der Waals surface area contributed by atoms with Crippen LogP contribution >= 0.6 is 11.6 Å². The maximum atomic E-state index is 9.85. The summed E-state index contributed by atoms with van der Waals surface area (Å²) in [7, 11) is 0. The predicted octanol–water partition coefficient (Wildman–Crippen LogP) is 1.99. The topological polar surface area (TPSA) is 69.5 Å². The van der Waals surface area contributed by atoms with E-state index in [0.717, 1.165) is 50.3 Å². The van der Waals surface area contributed by atoms with Crippen molar-refractivity contribution in [1.29, 1.82) is 0 Å². The van der Waals surface area contributed by atoms with Crippen molar-refractivity contribution in [3.05, 3.63) is 29.0 Å². The van der Waals surface area contributed by atoms with Gasteiger partial charge in [-0.25, -0.2) is 4.98 Å². The van der Waals surface area contributed by atoms with Gasteiger partial charge >= 0.3 is 0 Å². The lowest BCUT2D eigenvalue weighted by Crippen LogP contribution is -2.39. The Bertz CT molecular complexity index is 478. The number of nitrogens with one attached hydrogen (secondary N) is 2. The van der Waals surface area contributed by atoms with Crippen LogP contribution in [-0.4, -0.2) is 41.8 Å². The molecule has 0 bridgehead atoms. The number of pyridine rings is 1. The summed E-state index contributed by atoms with van der Waals surface area (Å²) in [5.74, 6) is 1.11. The maximum Gasteiger partial charge on any atom is 0.191 e. The first-order valence-electron chi connectivity index (χ1n) is 7.99. The summed E-state index contributed by atoms with van der Waals surface area (Å²) in [5.41, 5.74) is 1.14. The monoisotopic (exact) mass is 324 g/mol. The van der Waals surface area contributed by atoms with Gasteiger partial charge in [0.2, 0.25) is 0 Å². The highest BCUT2D eigenvalue weighted by molar-refractivity contribution is 6.29. The first-order valence-corrected chi connectivity index (χ1v) is 8.37. The van der Waals surface area contributed by atoms with Gasteiger partial charge in [-0.15, -0.1) is 0 Å². The van der Waals surface area contributed by atoms with E-state index in [-0.39, 0.29) is 6.10 Å². The molecule has 1 aliphatic carbocycles. The van der Waals surface area contributed by atoms with Gasteiger partial charge in [0.15, 0.2) is 5.96 Å². The molecule has 5 nitrogen and oxygen atoms in total. The summed E-state index contributed by atoms with van der Waals surface area (Å²) in [4.78, 5) is 8.66. The number of hydrogen-bond donors (Lipinski definition) is 3. The van der Waals surface area contributed by atoms with E-state index >= 15 is 0 Å². The lowest BCUT2D eigenvalue weighted by atomic mass is 10.1. The Morgan fingerprint density at radius 2 is 2.27 bits per heavy atom. The third kappa shape index (κ3) is 5.46. The fourth-order valence-electron chi connectivity index (χ4n) is 2.66. The molecule has 0 amide bonds. The highest BCUT2D eigenvalue weighted by Gasteiger charge is 2.24. The second-order valence-electron chi connectivity index (χ2n) is 5.64. The molecule has 0 spiro atoms. The van der Waals surface area contributed by atoms with Crippen molar-refractivity contribution in [2.45, 2.75) is 38.7 Å². The third-order valence-electron chi connectivity index (χ3n) is 3.94.